The van der Waals surface area contributed by atoms with E-state index < -0.39 is 12.4 Å². The van der Waals surface area contributed by atoms with Crippen molar-refractivity contribution in [3.05, 3.63) is 0 Å². The molecule has 4 atom stereocenters. The summed E-state index contributed by atoms with van der Waals surface area (Å²) in [5.41, 5.74) is 0. The first-order valence-corrected chi connectivity index (χ1v) is 2.92. The van der Waals surface area contributed by atoms with E-state index >= 15 is 0 Å². The van der Waals surface area contributed by atoms with E-state index in [0.717, 1.165) is 0 Å². The Morgan fingerprint density at radius 1 is 1.22 bits per heavy atom. The van der Waals surface area contributed by atoms with Gasteiger partial charge >= 0.3 is 0 Å². The van der Waals surface area contributed by atoms with Crippen LogP contribution in [-0.4, -0.2) is 41.4 Å². The fraction of sp³-hybridized carbons (Fsp3) is 1.00. The quantitative estimate of drug-likeness (QED) is 0.392. The van der Waals surface area contributed by atoms with Gasteiger partial charge in [-0.05, 0) is 0 Å². The lowest BCUT2D eigenvalue weighted by atomic mass is 10.1. The molecule has 52 valence electrons. The van der Waals surface area contributed by atoms with E-state index in [1.165, 1.54) is 0 Å². The molecule has 2 aliphatic heterocycles. The van der Waals surface area contributed by atoms with Gasteiger partial charge in [-0.15, -0.1) is 0 Å². The molecule has 0 saturated carbocycles. The minimum atomic E-state index is -0.821. The molecule has 0 spiro atoms. The summed E-state index contributed by atoms with van der Waals surface area (Å²) in [5, 5.41) is 17.9. The molecule has 0 bridgehead atoms. The van der Waals surface area contributed by atoms with Gasteiger partial charge in [0.2, 0.25) is 0 Å². The standard InChI is InChI=1S/C5H8O4/c6-2-1-8-5(7)4-3(2)9-4/h2-7H,1H2/t2-,3-,4-,5-/m1/s1. The smallest absolute Gasteiger partial charge is 0.183 e. The van der Waals surface area contributed by atoms with E-state index in [1.807, 2.05) is 0 Å². The van der Waals surface area contributed by atoms with E-state index in [9.17, 15) is 0 Å². The molecule has 2 fully saturated rings. The predicted octanol–water partition coefficient (Wildman–Crippen LogP) is -1.54. The summed E-state index contributed by atoms with van der Waals surface area (Å²) in [7, 11) is 0. The molecule has 0 aliphatic carbocycles. The Hall–Kier alpha value is -0.160. The second-order valence-corrected chi connectivity index (χ2v) is 2.36. The van der Waals surface area contributed by atoms with Crippen LogP contribution in [0.1, 0.15) is 0 Å². The molecule has 2 heterocycles. The van der Waals surface area contributed by atoms with Crippen LogP contribution in [0.5, 0.6) is 0 Å². The highest BCUT2D eigenvalue weighted by atomic mass is 16.7. The van der Waals surface area contributed by atoms with Gasteiger partial charge < -0.3 is 19.7 Å². The van der Waals surface area contributed by atoms with Gasteiger partial charge in [0.1, 0.15) is 18.3 Å². The highest BCUT2D eigenvalue weighted by molar-refractivity contribution is 4.95. The second-order valence-electron chi connectivity index (χ2n) is 2.36. The minimum absolute atomic E-state index is 0.172. The lowest BCUT2D eigenvalue weighted by Crippen LogP contribution is -2.36. The summed E-state index contributed by atoms with van der Waals surface area (Å²) in [5.74, 6) is 0. The maximum Gasteiger partial charge on any atom is 0.183 e. The number of epoxide rings is 1. The third kappa shape index (κ3) is 0.753. The molecule has 2 aliphatic rings. The molecule has 0 aromatic carbocycles. The molecule has 0 unspecified atom stereocenters. The van der Waals surface area contributed by atoms with Crippen molar-refractivity contribution in [2.75, 3.05) is 6.61 Å². The largest absolute Gasteiger partial charge is 0.388 e. The zero-order valence-electron chi connectivity index (χ0n) is 4.73. The molecule has 2 rings (SSSR count). The molecule has 0 aromatic heterocycles. The van der Waals surface area contributed by atoms with Crippen LogP contribution < -0.4 is 0 Å². The molecule has 4 nitrogen and oxygen atoms in total. The first kappa shape index (κ1) is 5.61. The van der Waals surface area contributed by atoms with Gasteiger partial charge in [0.05, 0.1) is 6.61 Å². The molecule has 4 heteroatoms. The Morgan fingerprint density at radius 3 is 2.67 bits per heavy atom. The van der Waals surface area contributed by atoms with Crippen molar-refractivity contribution < 1.29 is 19.7 Å². The number of aliphatic hydroxyl groups is 2. The average Bonchev–Trinajstić information content (AvgIpc) is 2.57. The topological polar surface area (TPSA) is 62.2 Å². The Morgan fingerprint density at radius 2 is 2.00 bits per heavy atom. The van der Waals surface area contributed by atoms with Crippen LogP contribution in [0.15, 0.2) is 0 Å². The van der Waals surface area contributed by atoms with E-state index in [1.54, 1.807) is 0 Å². The van der Waals surface area contributed by atoms with Crippen molar-refractivity contribution in [2.45, 2.75) is 24.6 Å². The molecule has 2 N–H and O–H groups in total. The van der Waals surface area contributed by atoms with Gasteiger partial charge in [-0.3, -0.25) is 0 Å². The van der Waals surface area contributed by atoms with Crippen LogP contribution in [0, 0.1) is 0 Å². The summed E-state index contributed by atoms with van der Waals surface area (Å²) in [6.45, 7) is 0.183. The first-order valence-electron chi connectivity index (χ1n) is 2.92. The number of fused-ring (bicyclic) bond motifs is 1. The normalized spacial score (nSPS) is 56.7. The summed E-state index contributed by atoms with van der Waals surface area (Å²) in [6.07, 6.45) is -1.81. The third-order valence-corrected chi connectivity index (χ3v) is 1.66. The summed E-state index contributed by atoms with van der Waals surface area (Å²) in [6, 6.07) is 0. The first-order chi connectivity index (χ1) is 4.29. The summed E-state index contributed by atoms with van der Waals surface area (Å²) < 4.78 is 9.60. The van der Waals surface area contributed by atoms with Crippen molar-refractivity contribution in [3.8, 4) is 0 Å². The molecule has 0 aromatic rings. The van der Waals surface area contributed by atoms with Gasteiger partial charge in [0.25, 0.3) is 0 Å². The third-order valence-electron chi connectivity index (χ3n) is 1.66. The summed E-state index contributed by atoms with van der Waals surface area (Å²) >= 11 is 0. The van der Waals surface area contributed by atoms with Gasteiger partial charge in [-0.25, -0.2) is 0 Å². The number of rotatable bonds is 0. The zero-order valence-corrected chi connectivity index (χ0v) is 4.73. The van der Waals surface area contributed by atoms with E-state index in [4.69, 9.17) is 19.7 Å². The Bertz CT molecular complexity index is 112. The van der Waals surface area contributed by atoms with Gasteiger partial charge in [0.15, 0.2) is 6.29 Å². The molecule has 2 saturated heterocycles. The van der Waals surface area contributed by atoms with Crippen LogP contribution in [0.2, 0.25) is 0 Å². The van der Waals surface area contributed by atoms with E-state index in [2.05, 4.69) is 0 Å². The lowest BCUT2D eigenvalue weighted by Gasteiger charge is -2.17. The van der Waals surface area contributed by atoms with Gasteiger partial charge in [-0.1, -0.05) is 0 Å². The number of hydrogen-bond donors (Lipinski definition) is 2. The number of hydrogen-bond acceptors (Lipinski definition) is 4. The highest BCUT2D eigenvalue weighted by Crippen LogP contribution is 2.32. The molecular weight excluding hydrogens is 124 g/mol. The Kier molecular flexibility index (Phi) is 1.04. The van der Waals surface area contributed by atoms with Crippen LogP contribution >= 0.6 is 0 Å². The van der Waals surface area contributed by atoms with Crippen molar-refractivity contribution in [3.63, 3.8) is 0 Å². The van der Waals surface area contributed by atoms with Crippen molar-refractivity contribution >= 4 is 0 Å². The Balaban J connectivity index is 2.01. The molecular formula is C5H8O4. The van der Waals surface area contributed by atoms with Crippen LogP contribution in [0.3, 0.4) is 0 Å². The minimum Gasteiger partial charge on any atom is -0.388 e. The monoisotopic (exact) mass is 132 g/mol. The molecule has 0 amide bonds. The van der Waals surface area contributed by atoms with E-state index in [0.29, 0.717) is 0 Å². The zero-order chi connectivity index (χ0) is 6.43. The second kappa shape index (κ2) is 1.67. The number of ether oxygens (including phenoxy) is 2. The molecule has 9 heavy (non-hydrogen) atoms. The van der Waals surface area contributed by atoms with Crippen LogP contribution in [-0.2, 0) is 9.47 Å². The van der Waals surface area contributed by atoms with Gasteiger partial charge in [-0.2, -0.15) is 0 Å². The number of aliphatic hydroxyl groups excluding tert-OH is 2. The molecule has 0 radical (unpaired) electrons. The van der Waals surface area contributed by atoms with Crippen molar-refractivity contribution in [1.29, 1.82) is 0 Å². The SMILES string of the molecule is O[C@@H]1CO[C@@H](O)[C@@H]2O[C@@H]21. The summed E-state index contributed by atoms with van der Waals surface area (Å²) in [4.78, 5) is 0. The Labute approximate surface area is 52.0 Å². The van der Waals surface area contributed by atoms with Gasteiger partial charge in [0, 0.05) is 0 Å². The van der Waals surface area contributed by atoms with Crippen molar-refractivity contribution in [2.24, 2.45) is 0 Å². The predicted molar refractivity (Wildman–Crippen MR) is 26.6 cm³/mol. The van der Waals surface area contributed by atoms with Crippen molar-refractivity contribution in [1.82, 2.24) is 0 Å². The lowest BCUT2D eigenvalue weighted by molar-refractivity contribution is -0.142. The maximum atomic E-state index is 8.98. The fourth-order valence-electron chi connectivity index (χ4n) is 1.06. The maximum absolute atomic E-state index is 8.98. The van der Waals surface area contributed by atoms with Crippen LogP contribution in [0.4, 0.5) is 0 Å². The van der Waals surface area contributed by atoms with Crippen LogP contribution in [0.25, 0.3) is 0 Å². The highest BCUT2D eigenvalue weighted by Gasteiger charge is 2.53. The van der Waals surface area contributed by atoms with E-state index in [-0.39, 0.29) is 18.8 Å². The average molecular weight is 132 g/mol. The fourth-order valence-corrected chi connectivity index (χ4v) is 1.06.